The van der Waals surface area contributed by atoms with Gasteiger partial charge in [-0.2, -0.15) is 0 Å². The van der Waals surface area contributed by atoms with Gasteiger partial charge < -0.3 is 14.9 Å². The molecule has 0 bridgehead atoms. The minimum atomic E-state index is -0.0425. The minimum Gasteiger partial charge on any atom is -0.396 e. The summed E-state index contributed by atoms with van der Waals surface area (Å²) in [5, 5.41) is 19.7. The molecular weight excluding hydrogens is 372 g/mol. The van der Waals surface area contributed by atoms with Crippen molar-refractivity contribution >= 4 is 0 Å². The van der Waals surface area contributed by atoms with Crippen molar-refractivity contribution in [1.29, 1.82) is 0 Å². The highest BCUT2D eigenvalue weighted by molar-refractivity contribution is 5.14. The molecule has 5 fully saturated rings. The Morgan fingerprint density at radius 1 is 1.00 bits per heavy atom. The Hall–Kier alpha value is -0.120. The fourth-order valence-corrected chi connectivity index (χ4v) is 9.79. The number of fused-ring (bicyclic) bond motifs is 7. The van der Waals surface area contributed by atoms with Crippen LogP contribution in [-0.4, -0.2) is 35.1 Å². The van der Waals surface area contributed by atoms with Gasteiger partial charge >= 0.3 is 0 Å². The maximum atomic E-state index is 10.3. The molecule has 0 aromatic heterocycles. The summed E-state index contributed by atoms with van der Waals surface area (Å²) in [6.45, 7) is 10.2. The van der Waals surface area contributed by atoms with Crippen LogP contribution in [0.4, 0.5) is 0 Å². The van der Waals surface area contributed by atoms with Crippen molar-refractivity contribution in [3.05, 3.63) is 0 Å². The maximum Gasteiger partial charge on any atom is 0.0618 e. The summed E-state index contributed by atoms with van der Waals surface area (Å²) in [6.07, 6.45) is 13.2. The molecule has 12 atom stereocenters. The first-order chi connectivity index (χ1) is 14.3. The molecule has 4 saturated carbocycles. The van der Waals surface area contributed by atoms with Crippen molar-refractivity contribution in [2.24, 2.45) is 52.3 Å². The fraction of sp³-hybridized carbons (Fsp3) is 1.00. The summed E-state index contributed by atoms with van der Waals surface area (Å²) in [5.41, 5.74) is 0.927. The first kappa shape index (κ1) is 21.7. The zero-order chi connectivity index (χ0) is 21.3. The largest absolute Gasteiger partial charge is 0.396 e. The van der Waals surface area contributed by atoms with E-state index in [9.17, 15) is 10.2 Å². The molecule has 1 heterocycles. The predicted molar refractivity (Wildman–Crippen MR) is 120 cm³/mol. The monoisotopic (exact) mass is 418 g/mol. The van der Waals surface area contributed by atoms with Gasteiger partial charge in [-0.05, 0) is 116 Å². The van der Waals surface area contributed by atoms with Gasteiger partial charge in [0.25, 0.3) is 0 Å². The van der Waals surface area contributed by atoms with Crippen molar-refractivity contribution in [2.75, 3.05) is 6.61 Å². The average molecular weight is 419 g/mol. The van der Waals surface area contributed by atoms with Crippen molar-refractivity contribution < 1.29 is 14.9 Å². The van der Waals surface area contributed by atoms with Crippen LogP contribution in [0.25, 0.3) is 0 Å². The van der Waals surface area contributed by atoms with Crippen LogP contribution in [0.15, 0.2) is 0 Å². The van der Waals surface area contributed by atoms with Crippen LogP contribution in [0.2, 0.25) is 0 Å². The lowest BCUT2D eigenvalue weighted by atomic mass is 9.44. The number of hydrogen-bond acceptors (Lipinski definition) is 3. The highest BCUT2D eigenvalue weighted by Gasteiger charge is 2.65. The minimum absolute atomic E-state index is 0.0425. The second-order valence-corrected chi connectivity index (χ2v) is 12.8. The van der Waals surface area contributed by atoms with Crippen molar-refractivity contribution in [2.45, 2.75) is 110 Å². The molecule has 0 aromatic carbocycles. The van der Waals surface area contributed by atoms with Crippen molar-refractivity contribution in [1.82, 2.24) is 0 Å². The predicted octanol–water partition coefficient (Wildman–Crippen LogP) is 5.43. The third-order valence-electron chi connectivity index (χ3n) is 11.5. The molecule has 0 radical (unpaired) electrons. The van der Waals surface area contributed by atoms with Gasteiger partial charge in [0.2, 0.25) is 0 Å². The lowest BCUT2D eigenvalue weighted by Gasteiger charge is -2.61. The van der Waals surface area contributed by atoms with Gasteiger partial charge in [0.1, 0.15) is 0 Å². The van der Waals surface area contributed by atoms with Crippen LogP contribution in [0.1, 0.15) is 91.9 Å². The van der Waals surface area contributed by atoms with Gasteiger partial charge in [0, 0.05) is 6.61 Å². The Balaban J connectivity index is 1.32. The van der Waals surface area contributed by atoms with Crippen LogP contribution in [0.3, 0.4) is 0 Å². The Bertz CT molecular complexity index is 636. The van der Waals surface area contributed by atoms with Gasteiger partial charge in [-0.15, -0.1) is 0 Å². The SMILES string of the molecule is C[C@H](CO)CC[C@H]1O[C@H]2C[C@H]3[C@@H]4CC[C@H]5C[C@@H](O)CC[C@]5(C)[C@H]4CC[C@]3(C)[C@H]2[C@@H]1C. The van der Waals surface area contributed by atoms with Crippen molar-refractivity contribution in [3.8, 4) is 0 Å². The van der Waals surface area contributed by atoms with E-state index < -0.39 is 0 Å². The maximum absolute atomic E-state index is 10.3. The van der Waals surface area contributed by atoms with E-state index in [2.05, 4.69) is 27.7 Å². The molecule has 172 valence electrons. The number of aliphatic hydroxyl groups is 2. The van der Waals surface area contributed by atoms with Crippen LogP contribution in [-0.2, 0) is 4.74 Å². The zero-order valence-corrected chi connectivity index (χ0v) is 19.9. The van der Waals surface area contributed by atoms with E-state index in [0.717, 1.165) is 55.3 Å². The molecule has 0 unspecified atom stereocenters. The van der Waals surface area contributed by atoms with Gasteiger partial charge in [-0.3, -0.25) is 0 Å². The second-order valence-electron chi connectivity index (χ2n) is 12.8. The summed E-state index contributed by atoms with van der Waals surface area (Å²) in [4.78, 5) is 0. The van der Waals surface area contributed by atoms with E-state index in [1.807, 2.05) is 0 Å². The van der Waals surface area contributed by atoms with Crippen LogP contribution < -0.4 is 0 Å². The molecule has 5 rings (SSSR count). The van der Waals surface area contributed by atoms with E-state index in [0.29, 0.717) is 41.5 Å². The van der Waals surface area contributed by atoms with Crippen LogP contribution in [0.5, 0.6) is 0 Å². The Morgan fingerprint density at radius 2 is 1.77 bits per heavy atom. The zero-order valence-electron chi connectivity index (χ0n) is 19.9. The second kappa shape index (κ2) is 7.73. The third kappa shape index (κ3) is 3.16. The molecule has 0 amide bonds. The van der Waals surface area contributed by atoms with Gasteiger partial charge in [0.05, 0.1) is 18.3 Å². The molecule has 0 aromatic rings. The average Bonchev–Trinajstić information content (AvgIpc) is 3.20. The van der Waals surface area contributed by atoms with Crippen molar-refractivity contribution in [3.63, 3.8) is 0 Å². The normalized spacial score (nSPS) is 56.0. The van der Waals surface area contributed by atoms with Gasteiger partial charge in [-0.25, -0.2) is 0 Å². The molecule has 1 saturated heterocycles. The van der Waals surface area contributed by atoms with Gasteiger partial charge in [-0.1, -0.05) is 27.7 Å². The number of ether oxygens (including phenoxy) is 1. The summed E-state index contributed by atoms with van der Waals surface area (Å²) < 4.78 is 6.76. The number of rotatable bonds is 4. The molecule has 30 heavy (non-hydrogen) atoms. The Labute approximate surface area is 184 Å². The summed E-state index contributed by atoms with van der Waals surface area (Å²) in [5.74, 6) is 5.13. The molecule has 1 aliphatic heterocycles. The van der Waals surface area contributed by atoms with E-state index in [-0.39, 0.29) is 6.10 Å². The molecule has 3 heteroatoms. The smallest absolute Gasteiger partial charge is 0.0618 e. The number of aliphatic hydroxyl groups excluding tert-OH is 2. The molecule has 3 nitrogen and oxygen atoms in total. The summed E-state index contributed by atoms with van der Waals surface area (Å²) in [7, 11) is 0. The fourth-order valence-electron chi connectivity index (χ4n) is 9.79. The Morgan fingerprint density at radius 3 is 2.53 bits per heavy atom. The lowest BCUT2D eigenvalue weighted by molar-refractivity contribution is -0.130. The van der Waals surface area contributed by atoms with E-state index in [4.69, 9.17) is 4.74 Å². The summed E-state index contributed by atoms with van der Waals surface area (Å²) >= 11 is 0. The lowest BCUT2D eigenvalue weighted by Crippen LogP contribution is -2.54. The van der Waals surface area contributed by atoms with Crippen LogP contribution >= 0.6 is 0 Å². The van der Waals surface area contributed by atoms with E-state index in [1.165, 1.54) is 38.5 Å². The number of hydrogen-bond donors (Lipinski definition) is 2. The van der Waals surface area contributed by atoms with E-state index in [1.54, 1.807) is 0 Å². The first-order valence-electron chi connectivity index (χ1n) is 13.2. The summed E-state index contributed by atoms with van der Waals surface area (Å²) in [6, 6.07) is 0. The highest BCUT2D eigenvalue weighted by atomic mass is 16.5. The standard InChI is InChI=1S/C27H46O3/c1-16(15-28)5-8-23-17(2)25-24(30-23)14-22-20-7-6-18-13-19(29)9-11-26(18,3)21(20)10-12-27(22,25)4/h16-25,28-29H,5-15H2,1-4H3/t16-,17+,18-,19-,20+,21-,22-,23+,24-,25-,26-,27-/m0/s1. The van der Waals surface area contributed by atoms with Gasteiger partial charge in [0.15, 0.2) is 0 Å². The third-order valence-corrected chi connectivity index (χ3v) is 11.5. The topological polar surface area (TPSA) is 49.7 Å². The first-order valence-corrected chi connectivity index (χ1v) is 13.2. The quantitative estimate of drug-likeness (QED) is 0.640. The Kier molecular flexibility index (Phi) is 5.60. The van der Waals surface area contributed by atoms with E-state index >= 15 is 0 Å². The molecule has 0 spiro atoms. The molecule has 5 aliphatic rings. The molecule has 2 N–H and O–H groups in total. The molecular formula is C27H46O3. The highest BCUT2D eigenvalue weighted by Crippen LogP contribution is 2.70. The molecule has 4 aliphatic carbocycles. The van der Waals surface area contributed by atoms with Crippen LogP contribution in [0, 0.1) is 52.3 Å².